The van der Waals surface area contributed by atoms with E-state index in [0.717, 1.165) is 5.56 Å². The van der Waals surface area contributed by atoms with Crippen LogP contribution in [0.4, 0.5) is 4.79 Å². The minimum Gasteiger partial charge on any atom is -0.345 e. The zero-order chi connectivity index (χ0) is 15.6. The number of carbonyl (C=O) groups is 2. The molecule has 1 aliphatic rings. The van der Waals surface area contributed by atoms with Crippen LogP contribution in [0.1, 0.15) is 24.1 Å². The Morgan fingerprint density at radius 1 is 1.29 bits per heavy atom. The van der Waals surface area contributed by atoms with Crippen LogP contribution < -0.4 is 10.6 Å². The summed E-state index contributed by atoms with van der Waals surface area (Å²) in [4.78, 5) is 25.5. The summed E-state index contributed by atoms with van der Waals surface area (Å²) < 4.78 is 0. The monoisotopic (exact) mass is 284 g/mol. The van der Waals surface area contributed by atoms with Crippen molar-refractivity contribution in [2.45, 2.75) is 13.0 Å². The van der Waals surface area contributed by atoms with Gasteiger partial charge in [0.2, 0.25) is 0 Å². The number of carbonyl (C=O) groups excluding carboxylic acids is 2. The van der Waals surface area contributed by atoms with Gasteiger partial charge in [0.25, 0.3) is 5.91 Å². The van der Waals surface area contributed by atoms with E-state index < -0.39 is 6.04 Å². The molecule has 0 bridgehead atoms. The van der Waals surface area contributed by atoms with Gasteiger partial charge in [0.15, 0.2) is 0 Å². The maximum atomic E-state index is 12.3. The molecule has 0 spiro atoms. The molecule has 6 nitrogen and oxygen atoms in total. The third-order valence-electron chi connectivity index (χ3n) is 3.28. The summed E-state index contributed by atoms with van der Waals surface area (Å²) in [5, 5.41) is 14.2. The summed E-state index contributed by atoms with van der Waals surface area (Å²) >= 11 is 0. The summed E-state index contributed by atoms with van der Waals surface area (Å²) in [5.41, 5.74) is 2.31. The lowest BCUT2D eigenvalue weighted by molar-refractivity contribution is -0.125. The van der Waals surface area contributed by atoms with Crippen LogP contribution in [0.2, 0.25) is 0 Å². The Bertz CT molecular complexity index is 653. The van der Waals surface area contributed by atoms with Crippen molar-refractivity contribution in [2.24, 2.45) is 0 Å². The number of nitriles is 1. The average Bonchev–Trinajstić information content (AvgIpc) is 2.46. The number of benzene rings is 1. The first-order chi connectivity index (χ1) is 9.93. The smallest absolute Gasteiger partial charge is 0.319 e. The predicted molar refractivity (Wildman–Crippen MR) is 77.0 cm³/mol. The van der Waals surface area contributed by atoms with E-state index in [2.05, 4.69) is 10.6 Å². The Balaban J connectivity index is 2.47. The van der Waals surface area contributed by atoms with Gasteiger partial charge in [0.1, 0.15) is 0 Å². The summed E-state index contributed by atoms with van der Waals surface area (Å²) in [6, 6.07) is 7.97. The zero-order valence-corrected chi connectivity index (χ0v) is 12.1. The standard InChI is InChI=1S/C15H16N4O2/c1-9-12(14(20)19(2)3)13(18-15(21)17-9)11-6-4-10(8-16)5-7-11/h4-7,13H,1-3H3,(H2,17,18,21)/t13-/m1/s1. The molecule has 1 aromatic rings. The molecule has 0 saturated heterocycles. The Labute approximate surface area is 123 Å². The van der Waals surface area contributed by atoms with Gasteiger partial charge in [-0.2, -0.15) is 5.26 Å². The molecule has 21 heavy (non-hydrogen) atoms. The third-order valence-corrected chi connectivity index (χ3v) is 3.28. The molecule has 1 aromatic carbocycles. The molecule has 0 aliphatic carbocycles. The Morgan fingerprint density at radius 3 is 2.43 bits per heavy atom. The van der Waals surface area contributed by atoms with Gasteiger partial charge >= 0.3 is 6.03 Å². The number of rotatable bonds is 2. The lowest BCUT2D eigenvalue weighted by Gasteiger charge is -2.30. The Morgan fingerprint density at radius 2 is 1.90 bits per heavy atom. The molecule has 2 N–H and O–H groups in total. The molecular weight excluding hydrogens is 268 g/mol. The minimum atomic E-state index is -0.526. The number of likely N-dealkylation sites (N-methyl/N-ethyl adjacent to an activating group) is 1. The van der Waals surface area contributed by atoms with E-state index >= 15 is 0 Å². The summed E-state index contributed by atoms with van der Waals surface area (Å²) in [5.74, 6) is -0.172. The van der Waals surface area contributed by atoms with E-state index in [1.54, 1.807) is 45.3 Å². The van der Waals surface area contributed by atoms with Gasteiger partial charge in [-0.3, -0.25) is 4.79 Å². The summed E-state index contributed by atoms with van der Waals surface area (Å²) in [6.07, 6.45) is 0. The van der Waals surface area contributed by atoms with Gasteiger partial charge in [0, 0.05) is 19.8 Å². The quantitative estimate of drug-likeness (QED) is 0.857. The maximum absolute atomic E-state index is 12.3. The molecule has 108 valence electrons. The highest BCUT2D eigenvalue weighted by Crippen LogP contribution is 2.27. The van der Waals surface area contributed by atoms with Gasteiger partial charge in [-0.25, -0.2) is 4.79 Å². The number of allylic oxidation sites excluding steroid dienone is 1. The highest BCUT2D eigenvalue weighted by molar-refractivity contribution is 5.98. The number of amides is 3. The minimum absolute atomic E-state index is 0.172. The van der Waals surface area contributed by atoms with Crippen molar-refractivity contribution in [3.05, 3.63) is 46.7 Å². The fourth-order valence-electron chi connectivity index (χ4n) is 2.22. The second-order valence-corrected chi connectivity index (χ2v) is 5.00. The van der Waals surface area contributed by atoms with Crippen LogP contribution in [0.15, 0.2) is 35.5 Å². The molecule has 6 heteroatoms. The van der Waals surface area contributed by atoms with Crippen molar-refractivity contribution in [1.82, 2.24) is 15.5 Å². The molecule has 1 heterocycles. The molecule has 1 aliphatic heterocycles. The van der Waals surface area contributed by atoms with E-state index in [1.807, 2.05) is 6.07 Å². The predicted octanol–water partition coefficient (Wildman–Crippen LogP) is 1.27. The van der Waals surface area contributed by atoms with E-state index in [0.29, 0.717) is 16.8 Å². The van der Waals surface area contributed by atoms with Gasteiger partial charge < -0.3 is 15.5 Å². The molecule has 0 saturated carbocycles. The fraction of sp³-hybridized carbons (Fsp3) is 0.267. The molecule has 0 fully saturated rings. The average molecular weight is 284 g/mol. The van der Waals surface area contributed by atoms with E-state index in [-0.39, 0.29) is 11.9 Å². The van der Waals surface area contributed by atoms with Crippen LogP contribution in [0, 0.1) is 11.3 Å². The van der Waals surface area contributed by atoms with Gasteiger partial charge in [-0.05, 0) is 24.6 Å². The van der Waals surface area contributed by atoms with Crippen LogP contribution in [-0.2, 0) is 4.79 Å². The maximum Gasteiger partial charge on any atom is 0.319 e. The van der Waals surface area contributed by atoms with Gasteiger partial charge in [-0.1, -0.05) is 12.1 Å². The SMILES string of the molecule is CC1=C(C(=O)N(C)C)[C@@H](c2ccc(C#N)cc2)NC(=O)N1. The van der Waals surface area contributed by atoms with Crippen molar-refractivity contribution >= 4 is 11.9 Å². The first-order valence-corrected chi connectivity index (χ1v) is 6.44. The number of hydrogen-bond donors (Lipinski definition) is 2. The van der Waals surface area contributed by atoms with Crippen LogP contribution >= 0.6 is 0 Å². The highest BCUT2D eigenvalue weighted by Gasteiger charge is 2.31. The van der Waals surface area contributed by atoms with Crippen molar-refractivity contribution in [3.8, 4) is 6.07 Å². The van der Waals surface area contributed by atoms with Crippen LogP contribution in [0.25, 0.3) is 0 Å². The number of nitrogens with zero attached hydrogens (tertiary/aromatic N) is 2. The number of urea groups is 1. The molecule has 3 amide bonds. The van der Waals surface area contributed by atoms with Gasteiger partial charge in [0.05, 0.1) is 23.2 Å². The molecular formula is C15H16N4O2. The fourth-order valence-corrected chi connectivity index (χ4v) is 2.22. The second kappa shape index (κ2) is 5.67. The van der Waals surface area contributed by atoms with Crippen molar-refractivity contribution in [3.63, 3.8) is 0 Å². The summed E-state index contributed by atoms with van der Waals surface area (Å²) in [6.45, 7) is 1.70. The first-order valence-electron chi connectivity index (χ1n) is 6.44. The first kappa shape index (κ1) is 14.6. The van der Waals surface area contributed by atoms with E-state index in [1.165, 1.54) is 4.90 Å². The Kier molecular flexibility index (Phi) is 3.94. The number of nitrogens with one attached hydrogen (secondary N) is 2. The van der Waals surface area contributed by atoms with E-state index in [4.69, 9.17) is 5.26 Å². The molecule has 0 radical (unpaired) electrons. The number of hydrogen-bond acceptors (Lipinski definition) is 3. The highest BCUT2D eigenvalue weighted by atomic mass is 16.2. The zero-order valence-electron chi connectivity index (χ0n) is 12.1. The van der Waals surface area contributed by atoms with Crippen molar-refractivity contribution in [2.75, 3.05) is 14.1 Å². The third kappa shape index (κ3) is 2.87. The van der Waals surface area contributed by atoms with Crippen LogP contribution in [0.5, 0.6) is 0 Å². The Hall–Kier alpha value is -2.81. The summed E-state index contributed by atoms with van der Waals surface area (Å²) in [7, 11) is 3.32. The van der Waals surface area contributed by atoms with Crippen LogP contribution in [-0.4, -0.2) is 30.9 Å². The van der Waals surface area contributed by atoms with Crippen LogP contribution in [0.3, 0.4) is 0 Å². The van der Waals surface area contributed by atoms with Crippen molar-refractivity contribution < 1.29 is 9.59 Å². The lowest BCUT2D eigenvalue weighted by Crippen LogP contribution is -2.46. The molecule has 0 unspecified atom stereocenters. The molecule has 0 aromatic heterocycles. The second-order valence-electron chi connectivity index (χ2n) is 5.00. The van der Waals surface area contributed by atoms with Crippen molar-refractivity contribution in [1.29, 1.82) is 5.26 Å². The largest absolute Gasteiger partial charge is 0.345 e. The van der Waals surface area contributed by atoms with E-state index in [9.17, 15) is 9.59 Å². The van der Waals surface area contributed by atoms with Gasteiger partial charge in [-0.15, -0.1) is 0 Å². The lowest BCUT2D eigenvalue weighted by atomic mass is 9.94. The topological polar surface area (TPSA) is 85.2 Å². The molecule has 1 atom stereocenters. The normalized spacial score (nSPS) is 17.6. The molecule has 2 rings (SSSR count).